The Hall–Kier alpha value is -4.44. The van der Waals surface area contributed by atoms with Crippen molar-refractivity contribution in [1.29, 1.82) is 0 Å². The van der Waals surface area contributed by atoms with E-state index in [9.17, 15) is 9.18 Å². The summed E-state index contributed by atoms with van der Waals surface area (Å²) in [7, 11) is 1.83. The molecule has 1 saturated heterocycles. The van der Waals surface area contributed by atoms with Gasteiger partial charge in [0.1, 0.15) is 17.3 Å². The molecule has 0 atom stereocenters. The van der Waals surface area contributed by atoms with Gasteiger partial charge in [0, 0.05) is 61.6 Å². The molecule has 1 aliphatic rings. The van der Waals surface area contributed by atoms with Gasteiger partial charge >= 0.3 is 6.03 Å². The third kappa shape index (κ3) is 6.04. The van der Waals surface area contributed by atoms with E-state index in [2.05, 4.69) is 31.7 Å². The number of rotatable bonds is 6. The second kappa shape index (κ2) is 10.7. The second-order valence-corrected chi connectivity index (χ2v) is 8.76. The largest absolute Gasteiger partial charge is 0.457 e. The SMILES string of the molecule is Cc1cc(NC(=O)Nc2cc(Oc3ccnc(-c4cnn(C)c4)c3)ccc2F)cc(N2CCOCC2)c1. The van der Waals surface area contributed by atoms with Crippen LogP contribution in [0.2, 0.25) is 0 Å². The normalized spacial score (nSPS) is 13.3. The minimum Gasteiger partial charge on any atom is -0.457 e. The van der Waals surface area contributed by atoms with Gasteiger partial charge < -0.3 is 25.0 Å². The Kier molecular flexibility index (Phi) is 7.00. The smallest absolute Gasteiger partial charge is 0.323 e. The fourth-order valence-electron chi connectivity index (χ4n) is 4.11. The average Bonchev–Trinajstić information content (AvgIpc) is 3.33. The van der Waals surface area contributed by atoms with Gasteiger partial charge in [-0.1, -0.05) is 0 Å². The molecule has 10 heteroatoms. The number of benzene rings is 2. The van der Waals surface area contributed by atoms with Gasteiger partial charge in [-0.15, -0.1) is 0 Å². The summed E-state index contributed by atoms with van der Waals surface area (Å²) in [4.78, 5) is 19.3. The highest BCUT2D eigenvalue weighted by atomic mass is 19.1. The molecular weight excluding hydrogens is 475 g/mol. The lowest BCUT2D eigenvalue weighted by molar-refractivity contribution is 0.122. The number of nitrogens with zero attached hydrogens (tertiary/aromatic N) is 4. The number of amides is 2. The number of urea groups is 1. The number of ether oxygens (including phenoxy) is 2. The van der Waals surface area contributed by atoms with Crippen LogP contribution in [0.25, 0.3) is 11.3 Å². The molecule has 0 radical (unpaired) electrons. The van der Waals surface area contributed by atoms with Crippen molar-refractivity contribution >= 4 is 23.1 Å². The van der Waals surface area contributed by atoms with Gasteiger partial charge in [0.15, 0.2) is 0 Å². The van der Waals surface area contributed by atoms with Crippen molar-refractivity contribution in [3.05, 3.63) is 78.5 Å². The number of halogens is 1. The maximum Gasteiger partial charge on any atom is 0.323 e. The molecule has 37 heavy (non-hydrogen) atoms. The predicted octanol–water partition coefficient (Wildman–Crippen LogP) is 5.20. The van der Waals surface area contributed by atoms with Crippen molar-refractivity contribution in [3.8, 4) is 22.8 Å². The highest BCUT2D eigenvalue weighted by molar-refractivity contribution is 6.00. The van der Waals surface area contributed by atoms with E-state index in [1.165, 1.54) is 18.2 Å². The van der Waals surface area contributed by atoms with Gasteiger partial charge in [-0.2, -0.15) is 5.10 Å². The number of aromatic nitrogens is 3. The molecular formula is C27H27FN6O3. The Bertz CT molecular complexity index is 1420. The lowest BCUT2D eigenvalue weighted by atomic mass is 10.1. The van der Waals surface area contributed by atoms with Crippen molar-refractivity contribution < 1.29 is 18.7 Å². The summed E-state index contributed by atoms with van der Waals surface area (Å²) in [5.41, 5.74) is 4.16. The van der Waals surface area contributed by atoms with E-state index in [1.807, 2.05) is 32.3 Å². The van der Waals surface area contributed by atoms with E-state index >= 15 is 0 Å². The zero-order valence-corrected chi connectivity index (χ0v) is 20.6. The number of hydrogen-bond donors (Lipinski definition) is 2. The molecule has 0 unspecified atom stereocenters. The number of morpholine rings is 1. The molecule has 9 nitrogen and oxygen atoms in total. The highest BCUT2D eigenvalue weighted by Gasteiger charge is 2.14. The molecule has 0 spiro atoms. The third-order valence-corrected chi connectivity index (χ3v) is 5.85. The Morgan fingerprint density at radius 3 is 2.65 bits per heavy atom. The molecule has 2 N–H and O–H groups in total. The molecule has 0 saturated carbocycles. The van der Waals surface area contributed by atoms with E-state index in [-0.39, 0.29) is 5.69 Å². The first-order valence-electron chi connectivity index (χ1n) is 11.9. The lowest BCUT2D eigenvalue weighted by Gasteiger charge is -2.29. The van der Waals surface area contributed by atoms with Gasteiger partial charge in [0.05, 0.1) is 30.8 Å². The minimum atomic E-state index is -0.577. The number of nitrogens with one attached hydrogen (secondary N) is 2. The fourth-order valence-corrected chi connectivity index (χ4v) is 4.11. The summed E-state index contributed by atoms with van der Waals surface area (Å²) in [5.74, 6) is 0.308. The van der Waals surface area contributed by atoms with Gasteiger partial charge in [0.2, 0.25) is 0 Å². The standard InChI is InChI=1S/C27H27FN6O3/c1-18-11-20(13-21(12-18)34-7-9-36-10-8-34)31-27(35)32-26-15-22(3-4-24(26)28)37-23-5-6-29-25(14-23)19-16-30-33(2)17-19/h3-6,11-17H,7-10H2,1-2H3,(H2,31,32,35). The van der Waals surface area contributed by atoms with E-state index in [0.717, 1.165) is 29.9 Å². The summed E-state index contributed by atoms with van der Waals surface area (Å²) in [6, 6.07) is 12.9. The molecule has 0 aliphatic carbocycles. The fraction of sp³-hybridized carbons (Fsp3) is 0.222. The molecule has 2 amide bonds. The zero-order valence-electron chi connectivity index (χ0n) is 20.6. The van der Waals surface area contributed by atoms with Crippen LogP contribution in [-0.4, -0.2) is 47.1 Å². The number of carbonyl (C=O) groups is 1. The summed E-state index contributed by atoms with van der Waals surface area (Å²) in [5, 5.41) is 9.54. The molecule has 3 heterocycles. The average molecular weight is 503 g/mol. The molecule has 1 fully saturated rings. The van der Waals surface area contributed by atoms with Crippen molar-refractivity contribution in [3.63, 3.8) is 0 Å². The summed E-state index contributed by atoms with van der Waals surface area (Å²) >= 11 is 0. The van der Waals surface area contributed by atoms with Crippen LogP contribution in [0.1, 0.15) is 5.56 Å². The molecule has 2 aromatic carbocycles. The number of pyridine rings is 1. The van der Waals surface area contributed by atoms with Gasteiger partial charge in [-0.25, -0.2) is 9.18 Å². The van der Waals surface area contributed by atoms with Crippen LogP contribution in [0.5, 0.6) is 11.5 Å². The van der Waals surface area contributed by atoms with Crippen molar-refractivity contribution in [2.75, 3.05) is 41.8 Å². The van der Waals surface area contributed by atoms with Crippen LogP contribution in [0.3, 0.4) is 0 Å². The second-order valence-electron chi connectivity index (χ2n) is 8.76. The van der Waals surface area contributed by atoms with Crippen LogP contribution in [-0.2, 0) is 11.8 Å². The first-order valence-corrected chi connectivity index (χ1v) is 11.9. The third-order valence-electron chi connectivity index (χ3n) is 5.85. The molecule has 4 aromatic rings. The molecule has 0 bridgehead atoms. The first kappa shape index (κ1) is 24.3. The maximum absolute atomic E-state index is 14.5. The number of carbonyl (C=O) groups excluding carboxylic acids is 1. The number of anilines is 3. The Morgan fingerprint density at radius 2 is 1.86 bits per heavy atom. The van der Waals surface area contributed by atoms with Crippen LogP contribution in [0.4, 0.5) is 26.2 Å². The molecule has 5 rings (SSSR count). The molecule has 1 aliphatic heterocycles. The van der Waals surface area contributed by atoms with Crippen LogP contribution >= 0.6 is 0 Å². The first-order chi connectivity index (χ1) is 17.9. The highest BCUT2D eigenvalue weighted by Crippen LogP contribution is 2.29. The zero-order chi connectivity index (χ0) is 25.8. The van der Waals surface area contributed by atoms with E-state index in [1.54, 1.807) is 29.2 Å². The van der Waals surface area contributed by atoms with Crippen LogP contribution < -0.4 is 20.3 Å². The van der Waals surface area contributed by atoms with Crippen LogP contribution in [0, 0.1) is 12.7 Å². The summed E-state index contributed by atoms with van der Waals surface area (Å²) in [6.07, 6.45) is 5.19. The van der Waals surface area contributed by atoms with E-state index < -0.39 is 11.8 Å². The number of aryl methyl sites for hydroxylation is 2. The minimum absolute atomic E-state index is 0.00223. The van der Waals surface area contributed by atoms with Crippen molar-refractivity contribution in [2.45, 2.75) is 6.92 Å². The number of hydrogen-bond acceptors (Lipinski definition) is 6. The Morgan fingerprint density at radius 1 is 1.05 bits per heavy atom. The topological polar surface area (TPSA) is 93.5 Å². The maximum atomic E-state index is 14.5. The monoisotopic (exact) mass is 502 g/mol. The quantitative estimate of drug-likeness (QED) is 0.376. The van der Waals surface area contributed by atoms with E-state index in [4.69, 9.17) is 9.47 Å². The van der Waals surface area contributed by atoms with Gasteiger partial charge in [0.25, 0.3) is 0 Å². The summed E-state index contributed by atoms with van der Waals surface area (Å²) < 4.78 is 27.6. The molecule has 2 aromatic heterocycles. The Labute approximate surface area is 213 Å². The van der Waals surface area contributed by atoms with Crippen LogP contribution in [0.15, 0.2) is 67.1 Å². The van der Waals surface area contributed by atoms with Gasteiger partial charge in [-0.3, -0.25) is 9.67 Å². The lowest BCUT2D eigenvalue weighted by Crippen LogP contribution is -2.36. The summed E-state index contributed by atoms with van der Waals surface area (Å²) in [6.45, 7) is 4.87. The predicted molar refractivity (Wildman–Crippen MR) is 140 cm³/mol. The molecule has 190 valence electrons. The van der Waals surface area contributed by atoms with Gasteiger partial charge in [-0.05, 0) is 48.9 Å². The van der Waals surface area contributed by atoms with Crippen molar-refractivity contribution in [1.82, 2.24) is 14.8 Å². The van der Waals surface area contributed by atoms with E-state index in [0.29, 0.717) is 36.1 Å². The Balaban J connectivity index is 1.27. The van der Waals surface area contributed by atoms with Crippen molar-refractivity contribution in [2.24, 2.45) is 7.05 Å².